The standard InChI is InChI=1S/C13H16N4/c1-10-8-17(7-6-14-10)13-11-4-2-3-5-12(11)15-9-16-13/h2-5,9-10,14H,6-8H2,1H3/t10-/m1/s1. The van der Waals surface area contributed by atoms with Crippen LogP contribution >= 0.6 is 0 Å². The van der Waals surface area contributed by atoms with Gasteiger partial charge < -0.3 is 10.2 Å². The van der Waals surface area contributed by atoms with Crippen molar-refractivity contribution in [3.8, 4) is 0 Å². The highest BCUT2D eigenvalue weighted by Gasteiger charge is 2.18. The molecule has 88 valence electrons. The van der Waals surface area contributed by atoms with Crippen LogP contribution in [0.5, 0.6) is 0 Å². The smallest absolute Gasteiger partial charge is 0.139 e. The van der Waals surface area contributed by atoms with Crippen molar-refractivity contribution >= 4 is 16.7 Å². The summed E-state index contributed by atoms with van der Waals surface area (Å²) in [6, 6.07) is 8.70. The molecule has 3 rings (SSSR count). The second-order valence-corrected chi connectivity index (χ2v) is 4.52. The Morgan fingerprint density at radius 1 is 1.29 bits per heavy atom. The van der Waals surface area contributed by atoms with Crippen molar-refractivity contribution in [2.24, 2.45) is 0 Å². The molecule has 2 aromatic rings. The van der Waals surface area contributed by atoms with E-state index in [0.717, 1.165) is 36.4 Å². The highest BCUT2D eigenvalue weighted by atomic mass is 15.2. The Morgan fingerprint density at radius 2 is 2.18 bits per heavy atom. The number of para-hydroxylation sites is 1. The fraction of sp³-hybridized carbons (Fsp3) is 0.385. The predicted octanol–water partition coefficient (Wildman–Crippen LogP) is 1.43. The monoisotopic (exact) mass is 228 g/mol. The highest BCUT2D eigenvalue weighted by Crippen LogP contribution is 2.23. The maximum Gasteiger partial charge on any atom is 0.139 e. The Kier molecular flexibility index (Phi) is 2.65. The number of piperazine rings is 1. The normalized spacial score (nSPS) is 20.8. The number of benzene rings is 1. The van der Waals surface area contributed by atoms with Crippen molar-refractivity contribution in [1.29, 1.82) is 0 Å². The lowest BCUT2D eigenvalue weighted by Gasteiger charge is -2.33. The lowest BCUT2D eigenvalue weighted by atomic mass is 10.2. The van der Waals surface area contributed by atoms with Crippen LogP contribution in [0.1, 0.15) is 6.92 Å². The van der Waals surface area contributed by atoms with Gasteiger partial charge in [-0.15, -0.1) is 0 Å². The molecule has 0 spiro atoms. The van der Waals surface area contributed by atoms with Gasteiger partial charge in [0.25, 0.3) is 0 Å². The number of rotatable bonds is 1. The van der Waals surface area contributed by atoms with Crippen LogP contribution in [-0.4, -0.2) is 35.6 Å². The van der Waals surface area contributed by atoms with Crippen molar-refractivity contribution < 1.29 is 0 Å². The van der Waals surface area contributed by atoms with Crippen LogP contribution < -0.4 is 10.2 Å². The molecule has 2 heterocycles. The van der Waals surface area contributed by atoms with E-state index in [-0.39, 0.29) is 0 Å². The zero-order chi connectivity index (χ0) is 11.7. The molecule has 0 radical (unpaired) electrons. The van der Waals surface area contributed by atoms with E-state index in [1.807, 2.05) is 18.2 Å². The summed E-state index contributed by atoms with van der Waals surface area (Å²) < 4.78 is 0. The second-order valence-electron chi connectivity index (χ2n) is 4.52. The second kappa shape index (κ2) is 4.30. The summed E-state index contributed by atoms with van der Waals surface area (Å²) in [5.41, 5.74) is 1.02. The first-order valence-corrected chi connectivity index (χ1v) is 6.02. The first-order valence-electron chi connectivity index (χ1n) is 6.02. The van der Waals surface area contributed by atoms with Gasteiger partial charge in [-0.05, 0) is 19.1 Å². The van der Waals surface area contributed by atoms with Crippen LogP contribution in [0.4, 0.5) is 5.82 Å². The number of hydrogen-bond acceptors (Lipinski definition) is 4. The van der Waals surface area contributed by atoms with Gasteiger partial charge in [-0.1, -0.05) is 12.1 Å². The summed E-state index contributed by atoms with van der Waals surface area (Å²) in [6.07, 6.45) is 1.66. The molecular weight excluding hydrogens is 212 g/mol. The lowest BCUT2D eigenvalue weighted by Crippen LogP contribution is -2.49. The van der Waals surface area contributed by atoms with Crippen LogP contribution in [0.3, 0.4) is 0 Å². The van der Waals surface area contributed by atoms with Crippen LogP contribution in [0.15, 0.2) is 30.6 Å². The molecule has 0 aliphatic carbocycles. The van der Waals surface area contributed by atoms with E-state index >= 15 is 0 Å². The van der Waals surface area contributed by atoms with E-state index in [4.69, 9.17) is 0 Å². The van der Waals surface area contributed by atoms with Gasteiger partial charge in [0, 0.05) is 31.1 Å². The molecule has 0 unspecified atom stereocenters. The molecule has 0 bridgehead atoms. The SMILES string of the molecule is C[C@@H]1CN(c2ncnc3ccccc23)CCN1. The molecule has 17 heavy (non-hydrogen) atoms. The minimum atomic E-state index is 0.512. The van der Waals surface area contributed by atoms with Crippen molar-refractivity contribution in [2.45, 2.75) is 13.0 Å². The van der Waals surface area contributed by atoms with Crippen LogP contribution in [0.2, 0.25) is 0 Å². The van der Waals surface area contributed by atoms with Gasteiger partial charge in [-0.2, -0.15) is 0 Å². The number of nitrogens with one attached hydrogen (secondary N) is 1. The number of fused-ring (bicyclic) bond motifs is 1. The van der Waals surface area contributed by atoms with Crippen molar-refractivity contribution in [3.63, 3.8) is 0 Å². The van der Waals surface area contributed by atoms with Gasteiger partial charge in [0.05, 0.1) is 5.52 Å². The highest BCUT2D eigenvalue weighted by molar-refractivity contribution is 5.89. The average Bonchev–Trinajstić information content (AvgIpc) is 2.38. The fourth-order valence-corrected chi connectivity index (χ4v) is 2.37. The molecule has 0 amide bonds. The number of aromatic nitrogens is 2. The summed E-state index contributed by atoms with van der Waals surface area (Å²) in [5.74, 6) is 1.06. The van der Waals surface area contributed by atoms with Crippen molar-refractivity contribution in [1.82, 2.24) is 15.3 Å². The molecule has 1 aromatic carbocycles. The average molecular weight is 228 g/mol. The maximum absolute atomic E-state index is 4.45. The quantitative estimate of drug-likeness (QED) is 0.801. The number of anilines is 1. The Morgan fingerprint density at radius 3 is 3.06 bits per heavy atom. The fourth-order valence-electron chi connectivity index (χ4n) is 2.37. The minimum Gasteiger partial charge on any atom is -0.353 e. The zero-order valence-corrected chi connectivity index (χ0v) is 9.93. The summed E-state index contributed by atoms with van der Waals surface area (Å²) in [6.45, 7) is 5.22. The molecular formula is C13H16N4. The third-order valence-electron chi connectivity index (χ3n) is 3.19. The van der Waals surface area contributed by atoms with Crippen LogP contribution in [-0.2, 0) is 0 Å². The Labute approximate surface area is 101 Å². The molecule has 4 nitrogen and oxygen atoms in total. The Bertz CT molecular complexity index is 520. The third-order valence-corrected chi connectivity index (χ3v) is 3.19. The molecule has 1 saturated heterocycles. The molecule has 1 N–H and O–H groups in total. The minimum absolute atomic E-state index is 0.512. The first-order chi connectivity index (χ1) is 8.34. The van der Waals surface area contributed by atoms with Gasteiger partial charge in [-0.25, -0.2) is 9.97 Å². The predicted molar refractivity (Wildman–Crippen MR) is 69.2 cm³/mol. The Hall–Kier alpha value is -1.68. The molecule has 1 atom stereocenters. The third kappa shape index (κ3) is 1.96. The molecule has 1 aliphatic heterocycles. The largest absolute Gasteiger partial charge is 0.353 e. The first kappa shape index (κ1) is 10.5. The molecule has 0 saturated carbocycles. The van der Waals surface area contributed by atoms with E-state index in [1.54, 1.807) is 6.33 Å². The van der Waals surface area contributed by atoms with Crippen molar-refractivity contribution in [2.75, 3.05) is 24.5 Å². The van der Waals surface area contributed by atoms with E-state index in [9.17, 15) is 0 Å². The lowest BCUT2D eigenvalue weighted by molar-refractivity contribution is 0.483. The van der Waals surface area contributed by atoms with Crippen molar-refractivity contribution in [3.05, 3.63) is 30.6 Å². The van der Waals surface area contributed by atoms with Gasteiger partial charge >= 0.3 is 0 Å². The topological polar surface area (TPSA) is 41.1 Å². The summed E-state index contributed by atoms with van der Waals surface area (Å²) >= 11 is 0. The molecule has 1 aromatic heterocycles. The van der Waals surface area contributed by atoms with Gasteiger partial charge in [0.2, 0.25) is 0 Å². The molecule has 4 heteroatoms. The van der Waals surface area contributed by atoms with Gasteiger partial charge in [-0.3, -0.25) is 0 Å². The summed E-state index contributed by atoms with van der Waals surface area (Å²) in [4.78, 5) is 11.1. The number of hydrogen-bond donors (Lipinski definition) is 1. The van der Waals surface area contributed by atoms with E-state index < -0.39 is 0 Å². The number of nitrogens with zero attached hydrogens (tertiary/aromatic N) is 3. The molecule has 1 aliphatic rings. The zero-order valence-electron chi connectivity index (χ0n) is 9.93. The van der Waals surface area contributed by atoms with Crippen LogP contribution in [0, 0.1) is 0 Å². The summed E-state index contributed by atoms with van der Waals surface area (Å²) in [7, 11) is 0. The maximum atomic E-state index is 4.45. The van der Waals surface area contributed by atoms with Gasteiger partial charge in [0.1, 0.15) is 12.1 Å². The summed E-state index contributed by atoms with van der Waals surface area (Å²) in [5, 5.41) is 4.59. The molecule has 1 fully saturated rings. The Balaban J connectivity index is 2.04. The van der Waals surface area contributed by atoms with Gasteiger partial charge in [0.15, 0.2) is 0 Å². The van der Waals surface area contributed by atoms with E-state index in [1.165, 1.54) is 0 Å². The van der Waals surface area contributed by atoms with Crippen LogP contribution in [0.25, 0.3) is 10.9 Å². The van der Waals surface area contributed by atoms with E-state index in [2.05, 4.69) is 33.2 Å². The van der Waals surface area contributed by atoms with E-state index in [0.29, 0.717) is 6.04 Å².